The highest BCUT2D eigenvalue weighted by molar-refractivity contribution is 6.03. The molecule has 28 heavy (non-hydrogen) atoms. The SMILES string of the molecule is CC(=Cc1ccc(C(=O)O)cc1)CNc1cccc2cc3ccccc3cc12. The van der Waals surface area contributed by atoms with E-state index in [2.05, 4.69) is 72.9 Å². The normalized spacial score (nSPS) is 11.7. The van der Waals surface area contributed by atoms with Crippen LogP contribution in [0.1, 0.15) is 22.8 Å². The van der Waals surface area contributed by atoms with E-state index >= 15 is 0 Å². The van der Waals surface area contributed by atoms with Gasteiger partial charge in [-0.2, -0.15) is 0 Å². The van der Waals surface area contributed by atoms with Crippen LogP contribution in [0.15, 0.2) is 84.4 Å². The lowest BCUT2D eigenvalue weighted by Crippen LogP contribution is -2.03. The average Bonchev–Trinajstić information content (AvgIpc) is 2.71. The van der Waals surface area contributed by atoms with Crippen LogP contribution in [0, 0.1) is 0 Å². The Morgan fingerprint density at radius 3 is 2.29 bits per heavy atom. The van der Waals surface area contributed by atoms with Gasteiger partial charge in [0.15, 0.2) is 0 Å². The summed E-state index contributed by atoms with van der Waals surface area (Å²) in [5.74, 6) is -0.905. The summed E-state index contributed by atoms with van der Waals surface area (Å²) in [6, 6.07) is 26.1. The van der Waals surface area contributed by atoms with Gasteiger partial charge in [0.2, 0.25) is 0 Å². The molecule has 0 aliphatic carbocycles. The molecule has 0 aliphatic heterocycles. The van der Waals surface area contributed by atoms with Crippen molar-refractivity contribution in [3.05, 3.63) is 95.6 Å². The van der Waals surface area contributed by atoms with Gasteiger partial charge in [0.25, 0.3) is 0 Å². The van der Waals surface area contributed by atoms with Crippen molar-refractivity contribution in [2.24, 2.45) is 0 Å². The molecule has 0 atom stereocenters. The third-order valence-corrected chi connectivity index (χ3v) is 4.88. The number of hydrogen-bond donors (Lipinski definition) is 2. The first-order valence-electron chi connectivity index (χ1n) is 9.26. The van der Waals surface area contributed by atoms with Gasteiger partial charge in [0.1, 0.15) is 0 Å². The number of carboxylic acid groups (broad SMARTS) is 1. The molecule has 3 nitrogen and oxygen atoms in total. The van der Waals surface area contributed by atoms with Gasteiger partial charge in [-0.3, -0.25) is 0 Å². The lowest BCUT2D eigenvalue weighted by Gasteiger charge is -2.11. The number of carboxylic acids is 1. The van der Waals surface area contributed by atoms with Crippen LogP contribution < -0.4 is 5.32 Å². The van der Waals surface area contributed by atoms with Crippen molar-refractivity contribution in [1.82, 2.24) is 0 Å². The van der Waals surface area contributed by atoms with E-state index in [1.807, 2.05) is 12.1 Å². The molecular weight excluding hydrogens is 346 g/mol. The van der Waals surface area contributed by atoms with Crippen LogP contribution >= 0.6 is 0 Å². The lowest BCUT2D eigenvalue weighted by atomic mass is 10.0. The zero-order valence-electron chi connectivity index (χ0n) is 15.6. The number of fused-ring (bicyclic) bond motifs is 2. The summed E-state index contributed by atoms with van der Waals surface area (Å²) in [5.41, 5.74) is 3.57. The number of aromatic carboxylic acids is 1. The van der Waals surface area contributed by atoms with Crippen molar-refractivity contribution in [2.75, 3.05) is 11.9 Å². The molecule has 0 saturated carbocycles. The maximum absolute atomic E-state index is 11.0. The third-order valence-electron chi connectivity index (χ3n) is 4.88. The first-order chi connectivity index (χ1) is 13.6. The molecule has 0 spiro atoms. The molecule has 0 fully saturated rings. The van der Waals surface area contributed by atoms with E-state index in [9.17, 15) is 4.79 Å². The maximum Gasteiger partial charge on any atom is 0.335 e. The van der Waals surface area contributed by atoms with Gasteiger partial charge < -0.3 is 10.4 Å². The summed E-state index contributed by atoms with van der Waals surface area (Å²) in [7, 11) is 0. The Morgan fingerprint density at radius 2 is 1.57 bits per heavy atom. The van der Waals surface area contributed by atoms with Crippen molar-refractivity contribution in [3.63, 3.8) is 0 Å². The van der Waals surface area contributed by atoms with E-state index in [1.165, 1.54) is 27.1 Å². The summed E-state index contributed by atoms with van der Waals surface area (Å²) >= 11 is 0. The highest BCUT2D eigenvalue weighted by Crippen LogP contribution is 2.28. The largest absolute Gasteiger partial charge is 0.478 e. The Morgan fingerprint density at radius 1 is 0.893 bits per heavy atom. The molecule has 0 unspecified atom stereocenters. The van der Waals surface area contributed by atoms with Crippen LogP contribution in [-0.2, 0) is 0 Å². The third kappa shape index (κ3) is 3.74. The van der Waals surface area contributed by atoms with Gasteiger partial charge >= 0.3 is 5.97 Å². The minimum atomic E-state index is -0.905. The maximum atomic E-state index is 11.0. The molecule has 3 heteroatoms. The summed E-state index contributed by atoms with van der Waals surface area (Å²) in [6.45, 7) is 2.78. The predicted molar refractivity (Wildman–Crippen MR) is 117 cm³/mol. The van der Waals surface area contributed by atoms with Crippen molar-refractivity contribution in [1.29, 1.82) is 0 Å². The zero-order chi connectivity index (χ0) is 19.5. The van der Waals surface area contributed by atoms with E-state index in [1.54, 1.807) is 12.1 Å². The fourth-order valence-electron chi connectivity index (χ4n) is 3.41. The second kappa shape index (κ2) is 7.57. The van der Waals surface area contributed by atoms with E-state index in [-0.39, 0.29) is 0 Å². The van der Waals surface area contributed by atoms with Crippen molar-refractivity contribution in [3.8, 4) is 0 Å². The molecule has 138 valence electrons. The average molecular weight is 367 g/mol. The zero-order valence-corrected chi connectivity index (χ0v) is 15.6. The summed E-state index contributed by atoms with van der Waals surface area (Å²) < 4.78 is 0. The lowest BCUT2D eigenvalue weighted by molar-refractivity contribution is 0.0697. The molecule has 0 amide bonds. The van der Waals surface area contributed by atoms with E-state index in [4.69, 9.17) is 5.11 Å². The molecule has 4 aromatic carbocycles. The minimum Gasteiger partial charge on any atom is -0.478 e. The minimum absolute atomic E-state index is 0.302. The number of rotatable bonds is 5. The van der Waals surface area contributed by atoms with Crippen molar-refractivity contribution >= 4 is 39.3 Å². The first-order valence-corrected chi connectivity index (χ1v) is 9.26. The van der Waals surface area contributed by atoms with Crippen LogP contribution in [0.5, 0.6) is 0 Å². The standard InChI is InChI=1S/C25H21NO2/c1-17(13-18-9-11-19(12-10-18)25(27)28)16-26-24-8-4-7-22-14-20-5-2-3-6-21(20)15-23(22)24/h2-15,26H,16H2,1H3,(H,27,28). The molecule has 0 aromatic heterocycles. The smallest absolute Gasteiger partial charge is 0.335 e. The number of hydrogen-bond acceptors (Lipinski definition) is 2. The highest BCUT2D eigenvalue weighted by atomic mass is 16.4. The molecular formula is C25H21NO2. The van der Waals surface area contributed by atoms with Crippen LogP contribution in [0.3, 0.4) is 0 Å². The summed E-state index contributed by atoms with van der Waals surface area (Å²) in [4.78, 5) is 11.0. The Bertz CT molecular complexity index is 1190. The Labute approximate surface area is 163 Å². The van der Waals surface area contributed by atoms with E-state index in [0.717, 1.165) is 11.3 Å². The van der Waals surface area contributed by atoms with Crippen molar-refractivity contribution < 1.29 is 9.90 Å². The Hall–Kier alpha value is -3.59. The van der Waals surface area contributed by atoms with E-state index in [0.29, 0.717) is 12.1 Å². The second-order valence-corrected chi connectivity index (χ2v) is 7.00. The van der Waals surface area contributed by atoms with Gasteiger partial charge in [-0.15, -0.1) is 0 Å². The fraction of sp³-hybridized carbons (Fsp3) is 0.0800. The van der Waals surface area contributed by atoms with Crippen LogP contribution in [0.2, 0.25) is 0 Å². The quantitative estimate of drug-likeness (QED) is 0.413. The van der Waals surface area contributed by atoms with Crippen LogP contribution in [0.25, 0.3) is 27.6 Å². The molecule has 0 heterocycles. The molecule has 0 aliphatic rings. The van der Waals surface area contributed by atoms with E-state index < -0.39 is 5.97 Å². The number of nitrogens with one attached hydrogen (secondary N) is 1. The van der Waals surface area contributed by atoms with Crippen molar-refractivity contribution in [2.45, 2.75) is 6.92 Å². The molecule has 2 N–H and O–H groups in total. The molecule has 0 saturated heterocycles. The summed E-state index contributed by atoms with van der Waals surface area (Å²) in [6.07, 6.45) is 2.07. The second-order valence-electron chi connectivity index (χ2n) is 7.00. The highest BCUT2D eigenvalue weighted by Gasteiger charge is 2.04. The van der Waals surface area contributed by atoms with Gasteiger partial charge in [-0.05, 0) is 59.0 Å². The summed E-state index contributed by atoms with van der Waals surface area (Å²) in [5, 5.41) is 17.4. The van der Waals surface area contributed by atoms with Crippen LogP contribution in [-0.4, -0.2) is 17.6 Å². The number of carbonyl (C=O) groups is 1. The van der Waals surface area contributed by atoms with Gasteiger partial charge in [-0.25, -0.2) is 4.79 Å². The molecule has 4 aromatic rings. The van der Waals surface area contributed by atoms with Crippen LogP contribution in [0.4, 0.5) is 5.69 Å². The fourth-order valence-corrected chi connectivity index (χ4v) is 3.41. The number of benzene rings is 4. The molecule has 4 rings (SSSR count). The monoisotopic (exact) mass is 367 g/mol. The Balaban J connectivity index is 1.56. The topological polar surface area (TPSA) is 49.3 Å². The van der Waals surface area contributed by atoms with Gasteiger partial charge in [0, 0.05) is 17.6 Å². The molecule has 0 bridgehead atoms. The first kappa shape index (κ1) is 17.8. The predicted octanol–water partition coefficient (Wildman–Crippen LogP) is 6.21. The van der Waals surface area contributed by atoms with Gasteiger partial charge in [-0.1, -0.05) is 60.2 Å². The Kier molecular flexibility index (Phi) is 4.81. The molecule has 0 radical (unpaired) electrons. The number of anilines is 1. The van der Waals surface area contributed by atoms with Gasteiger partial charge in [0.05, 0.1) is 5.56 Å².